The van der Waals surface area contributed by atoms with Gasteiger partial charge in [-0.1, -0.05) is 30.3 Å². The third-order valence-corrected chi connectivity index (χ3v) is 3.81. The Balaban J connectivity index is 1.85. The van der Waals surface area contributed by atoms with Crippen molar-refractivity contribution >= 4 is 6.09 Å². The van der Waals surface area contributed by atoms with Crippen molar-refractivity contribution < 1.29 is 14.3 Å². The molecule has 0 aliphatic carbocycles. The Bertz CT molecular complexity index is 438. The minimum atomic E-state index is -0.305. The zero-order valence-corrected chi connectivity index (χ0v) is 11.9. The summed E-state index contributed by atoms with van der Waals surface area (Å²) in [4.78, 5) is 13.7. The zero-order valence-electron chi connectivity index (χ0n) is 11.9. The standard InChI is InChI=1S/C15H22N2O3/c1-19-15(7-9-16)8-10-17(12-15)14(18)20-11-13-5-3-2-4-6-13/h2-6H,7-12,16H2,1H3. The molecule has 0 bridgehead atoms. The summed E-state index contributed by atoms with van der Waals surface area (Å²) in [5.41, 5.74) is 6.29. The van der Waals surface area contributed by atoms with Crippen molar-refractivity contribution in [1.82, 2.24) is 4.90 Å². The van der Waals surface area contributed by atoms with Gasteiger partial charge in [0.2, 0.25) is 0 Å². The Morgan fingerprint density at radius 3 is 2.80 bits per heavy atom. The average Bonchev–Trinajstić information content (AvgIpc) is 2.91. The third-order valence-electron chi connectivity index (χ3n) is 3.81. The number of amides is 1. The predicted octanol–water partition coefficient (Wildman–Crippen LogP) is 1.76. The number of ether oxygens (including phenoxy) is 2. The number of hydrogen-bond donors (Lipinski definition) is 1. The minimum absolute atomic E-state index is 0.287. The number of carbonyl (C=O) groups is 1. The first-order valence-electron chi connectivity index (χ1n) is 6.90. The van der Waals surface area contributed by atoms with Crippen LogP contribution in [0.1, 0.15) is 18.4 Å². The lowest BCUT2D eigenvalue weighted by Crippen LogP contribution is -2.39. The van der Waals surface area contributed by atoms with Gasteiger partial charge in [0, 0.05) is 13.7 Å². The van der Waals surface area contributed by atoms with E-state index in [1.54, 1.807) is 12.0 Å². The van der Waals surface area contributed by atoms with Crippen LogP contribution < -0.4 is 5.73 Å². The Morgan fingerprint density at radius 2 is 2.15 bits per heavy atom. The van der Waals surface area contributed by atoms with Crippen LogP contribution in [0.3, 0.4) is 0 Å². The topological polar surface area (TPSA) is 64.8 Å². The van der Waals surface area contributed by atoms with Gasteiger partial charge in [-0.3, -0.25) is 0 Å². The lowest BCUT2D eigenvalue weighted by Gasteiger charge is -2.27. The zero-order chi connectivity index (χ0) is 14.4. The summed E-state index contributed by atoms with van der Waals surface area (Å²) in [6, 6.07) is 9.66. The Kier molecular flexibility index (Phi) is 4.98. The largest absolute Gasteiger partial charge is 0.445 e. The van der Waals surface area contributed by atoms with Crippen LogP contribution in [-0.2, 0) is 16.1 Å². The average molecular weight is 278 g/mol. The Morgan fingerprint density at radius 1 is 1.40 bits per heavy atom. The van der Waals surface area contributed by atoms with Gasteiger partial charge in [0.15, 0.2) is 0 Å². The van der Waals surface area contributed by atoms with Crippen molar-refractivity contribution in [1.29, 1.82) is 0 Å². The fourth-order valence-corrected chi connectivity index (χ4v) is 2.55. The summed E-state index contributed by atoms with van der Waals surface area (Å²) < 4.78 is 10.9. The van der Waals surface area contributed by atoms with Gasteiger partial charge < -0.3 is 20.1 Å². The van der Waals surface area contributed by atoms with Gasteiger partial charge in [0.25, 0.3) is 0 Å². The molecule has 1 atom stereocenters. The second-order valence-electron chi connectivity index (χ2n) is 5.14. The molecule has 110 valence electrons. The molecule has 1 fully saturated rings. The minimum Gasteiger partial charge on any atom is -0.445 e. The molecular weight excluding hydrogens is 256 g/mol. The summed E-state index contributed by atoms with van der Waals surface area (Å²) in [5, 5.41) is 0. The third kappa shape index (κ3) is 3.49. The molecule has 0 radical (unpaired) electrons. The van der Waals surface area contributed by atoms with E-state index in [2.05, 4.69) is 0 Å². The van der Waals surface area contributed by atoms with E-state index in [9.17, 15) is 4.79 Å². The lowest BCUT2D eigenvalue weighted by molar-refractivity contribution is -0.00704. The molecule has 1 amide bonds. The van der Waals surface area contributed by atoms with Gasteiger partial charge >= 0.3 is 6.09 Å². The van der Waals surface area contributed by atoms with E-state index in [0.717, 1.165) is 18.4 Å². The number of carbonyl (C=O) groups excluding carboxylic acids is 1. The van der Waals surface area contributed by atoms with Gasteiger partial charge in [-0.05, 0) is 24.9 Å². The second kappa shape index (κ2) is 6.72. The first-order valence-corrected chi connectivity index (χ1v) is 6.90. The summed E-state index contributed by atoms with van der Waals surface area (Å²) >= 11 is 0. The van der Waals surface area contributed by atoms with Crippen LogP contribution in [0.2, 0.25) is 0 Å². The molecule has 1 aromatic rings. The number of benzene rings is 1. The van der Waals surface area contributed by atoms with Crippen LogP contribution in [0, 0.1) is 0 Å². The molecule has 1 heterocycles. The maximum absolute atomic E-state index is 12.0. The monoisotopic (exact) mass is 278 g/mol. The predicted molar refractivity (Wildman–Crippen MR) is 76.2 cm³/mol. The smallest absolute Gasteiger partial charge is 0.410 e. The van der Waals surface area contributed by atoms with Crippen LogP contribution in [0.4, 0.5) is 4.79 Å². The van der Waals surface area contributed by atoms with Gasteiger partial charge in [0.1, 0.15) is 6.61 Å². The molecule has 1 aromatic carbocycles. The van der Waals surface area contributed by atoms with E-state index >= 15 is 0 Å². The van der Waals surface area contributed by atoms with Crippen LogP contribution in [0.15, 0.2) is 30.3 Å². The fourth-order valence-electron chi connectivity index (χ4n) is 2.55. The van der Waals surface area contributed by atoms with E-state index in [1.807, 2.05) is 30.3 Å². The molecule has 0 spiro atoms. The number of nitrogens with two attached hydrogens (primary N) is 1. The maximum atomic E-state index is 12.0. The highest BCUT2D eigenvalue weighted by atomic mass is 16.6. The van der Waals surface area contributed by atoms with Crippen molar-refractivity contribution in [2.24, 2.45) is 5.73 Å². The molecule has 2 N–H and O–H groups in total. The van der Waals surface area contributed by atoms with E-state index < -0.39 is 0 Å². The van der Waals surface area contributed by atoms with E-state index in [4.69, 9.17) is 15.2 Å². The van der Waals surface area contributed by atoms with Crippen LogP contribution in [0.25, 0.3) is 0 Å². The van der Waals surface area contributed by atoms with Crippen molar-refractivity contribution in [2.45, 2.75) is 25.0 Å². The summed E-state index contributed by atoms with van der Waals surface area (Å²) in [6.07, 6.45) is 1.28. The molecular formula is C15H22N2O3. The van der Waals surface area contributed by atoms with Crippen molar-refractivity contribution in [2.75, 3.05) is 26.7 Å². The Hall–Kier alpha value is -1.59. The summed E-state index contributed by atoms with van der Waals surface area (Å²) in [5.74, 6) is 0. The molecule has 0 aromatic heterocycles. The first-order chi connectivity index (χ1) is 9.69. The van der Waals surface area contributed by atoms with Gasteiger partial charge in [0.05, 0.1) is 12.1 Å². The SMILES string of the molecule is COC1(CCN)CCN(C(=O)OCc2ccccc2)C1. The number of nitrogens with zero attached hydrogens (tertiary/aromatic N) is 1. The molecule has 1 aliphatic heterocycles. The van der Waals surface area contributed by atoms with E-state index in [-0.39, 0.29) is 11.7 Å². The number of rotatable bonds is 5. The second-order valence-corrected chi connectivity index (χ2v) is 5.14. The van der Waals surface area contributed by atoms with Gasteiger partial charge in [-0.2, -0.15) is 0 Å². The van der Waals surface area contributed by atoms with Crippen LogP contribution in [0.5, 0.6) is 0 Å². The highest BCUT2D eigenvalue weighted by Gasteiger charge is 2.40. The van der Waals surface area contributed by atoms with Crippen molar-refractivity contribution in [3.05, 3.63) is 35.9 Å². The molecule has 1 saturated heterocycles. The highest BCUT2D eigenvalue weighted by molar-refractivity contribution is 5.68. The summed E-state index contributed by atoms with van der Waals surface area (Å²) in [6.45, 7) is 2.06. The van der Waals surface area contributed by atoms with Crippen molar-refractivity contribution in [3.63, 3.8) is 0 Å². The first kappa shape index (κ1) is 14.8. The molecule has 2 rings (SSSR count). The molecule has 5 heteroatoms. The maximum Gasteiger partial charge on any atom is 0.410 e. The quantitative estimate of drug-likeness (QED) is 0.891. The van der Waals surface area contributed by atoms with Crippen molar-refractivity contribution in [3.8, 4) is 0 Å². The fraction of sp³-hybridized carbons (Fsp3) is 0.533. The Labute approximate surface area is 119 Å². The van der Waals surface area contributed by atoms with Gasteiger partial charge in [-0.25, -0.2) is 4.79 Å². The van der Waals surface area contributed by atoms with E-state index in [0.29, 0.717) is 26.2 Å². The van der Waals surface area contributed by atoms with E-state index in [1.165, 1.54) is 0 Å². The normalized spacial score (nSPS) is 22.0. The highest BCUT2D eigenvalue weighted by Crippen LogP contribution is 2.28. The van der Waals surface area contributed by atoms with Crippen LogP contribution >= 0.6 is 0 Å². The van der Waals surface area contributed by atoms with Crippen LogP contribution in [-0.4, -0.2) is 43.3 Å². The van der Waals surface area contributed by atoms with Gasteiger partial charge in [-0.15, -0.1) is 0 Å². The molecule has 5 nitrogen and oxygen atoms in total. The molecule has 1 aliphatic rings. The number of hydrogen-bond acceptors (Lipinski definition) is 4. The lowest BCUT2D eigenvalue weighted by atomic mass is 9.99. The molecule has 0 saturated carbocycles. The molecule has 1 unspecified atom stereocenters. The number of likely N-dealkylation sites (tertiary alicyclic amines) is 1. The molecule has 20 heavy (non-hydrogen) atoms. The number of methoxy groups -OCH3 is 1. The summed E-state index contributed by atoms with van der Waals surface area (Å²) in [7, 11) is 1.68.